The number of piperidine rings is 1. The summed E-state index contributed by atoms with van der Waals surface area (Å²) in [5.41, 5.74) is 0.931. The molecule has 0 spiro atoms. The summed E-state index contributed by atoms with van der Waals surface area (Å²) in [5.74, 6) is 1.57. The Morgan fingerprint density at radius 2 is 1.88 bits per heavy atom. The van der Waals surface area contributed by atoms with Crippen molar-refractivity contribution in [2.24, 2.45) is 11.8 Å². The first kappa shape index (κ1) is 18.9. The lowest BCUT2D eigenvalue weighted by Gasteiger charge is -2.25. The monoisotopic (exact) mass is 386 g/mol. The summed E-state index contributed by atoms with van der Waals surface area (Å²) in [6, 6.07) is 3.57. The number of rotatable bonds is 0. The van der Waals surface area contributed by atoms with E-state index in [-0.39, 0.29) is 11.7 Å². The van der Waals surface area contributed by atoms with E-state index in [9.17, 15) is 18.0 Å². The van der Waals surface area contributed by atoms with E-state index in [0.717, 1.165) is 41.8 Å². The summed E-state index contributed by atoms with van der Waals surface area (Å²) in [6.45, 7) is 7.55. The maximum atomic E-state index is 12.2. The highest BCUT2D eigenvalue weighted by Crippen LogP contribution is 2.45. The molecular formula is C18H21F3N2O2S. The van der Waals surface area contributed by atoms with E-state index in [4.69, 9.17) is 4.74 Å². The van der Waals surface area contributed by atoms with Gasteiger partial charge < -0.3 is 9.64 Å². The Bertz CT molecular complexity index is 788. The summed E-state index contributed by atoms with van der Waals surface area (Å²) in [4.78, 5) is 17.2. The smallest absolute Gasteiger partial charge is 0.416 e. The van der Waals surface area contributed by atoms with Crippen LogP contribution in [-0.4, -0.2) is 34.7 Å². The van der Waals surface area contributed by atoms with Crippen molar-refractivity contribution < 1.29 is 22.7 Å². The van der Waals surface area contributed by atoms with Crippen LogP contribution < -0.4 is 0 Å². The molecule has 4 rings (SSSR count). The molecule has 1 saturated carbocycles. The van der Waals surface area contributed by atoms with Crippen LogP contribution in [0.15, 0.2) is 23.7 Å². The van der Waals surface area contributed by atoms with Gasteiger partial charge in [0.2, 0.25) is 0 Å². The molecular weight excluding hydrogens is 365 g/mol. The lowest BCUT2D eigenvalue weighted by atomic mass is 10.2. The van der Waals surface area contributed by atoms with Gasteiger partial charge in [-0.25, -0.2) is 9.78 Å². The molecule has 1 amide bonds. The number of carbonyl (C=O) groups excluding carboxylic acids is 1. The van der Waals surface area contributed by atoms with Crippen molar-refractivity contribution in [3.05, 3.63) is 29.3 Å². The maximum absolute atomic E-state index is 12.2. The minimum Gasteiger partial charge on any atom is -0.444 e. The van der Waals surface area contributed by atoms with Crippen molar-refractivity contribution in [3.63, 3.8) is 0 Å². The third-order valence-corrected chi connectivity index (χ3v) is 5.10. The van der Waals surface area contributed by atoms with Crippen molar-refractivity contribution >= 4 is 27.6 Å². The lowest BCUT2D eigenvalue weighted by Crippen LogP contribution is -2.36. The number of aromatic nitrogens is 1. The number of benzene rings is 1. The van der Waals surface area contributed by atoms with Gasteiger partial charge in [0.15, 0.2) is 0 Å². The molecule has 2 heterocycles. The lowest BCUT2D eigenvalue weighted by molar-refractivity contribution is -0.137. The van der Waals surface area contributed by atoms with E-state index >= 15 is 0 Å². The molecule has 4 nitrogen and oxygen atoms in total. The van der Waals surface area contributed by atoms with Gasteiger partial charge in [-0.05, 0) is 57.2 Å². The molecule has 1 aliphatic heterocycles. The van der Waals surface area contributed by atoms with Gasteiger partial charge in [-0.1, -0.05) is 0 Å². The molecule has 142 valence electrons. The molecule has 2 fully saturated rings. The number of thiazole rings is 1. The molecule has 1 aliphatic carbocycles. The molecule has 1 saturated heterocycles. The van der Waals surface area contributed by atoms with Gasteiger partial charge in [0.1, 0.15) is 5.60 Å². The average molecular weight is 386 g/mol. The van der Waals surface area contributed by atoms with Gasteiger partial charge in [-0.2, -0.15) is 13.2 Å². The van der Waals surface area contributed by atoms with Crippen molar-refractivity contribution in [3.8, 4) is 0 Å². The molecule has 1 aromatic heterocycles. The highest BCUT2D eigenvalue weighted by atomic mass is 32.1. The summed E-state index contributed by atoms with van der Waals surface area (Å²) in [7, 11) is 0. The fourth-order valence-electron chi connectivity index (χ4n) is 2.91. The first-order valence-corrected chi connectivity index (χ1v) is 9.29. The number of hydrogen-bond donors (Lipinski definition) is 0. The van der Waals surface area contributed by atoms with Crippen LogP contribution in [-0.2, 0) is 10.9 Å². The van der Waals surface area contributed by atoms with Crippen LogP contribution in [0.2, 0.25) is 0 Å². The third kappa shape index (κ3) is 4.66. The molecule has 26 heavy (non-hydrogen) atoms. The van der Waals surface area contributed by atoms with E-state index in [2.05, 4.69) is 4.98 Å². The van der Waals surface area contributed by atoms with Gasteiger partial charge in [-0.15, -0.1) is 11.3 Å². The average Bonchev–Trinajstić information content (AvgIpc) is 2.95. The minimum atomic E-state index is -4.28. The summed E-state index contributed by atoms with van der Waals surface area (Å²) in [5, 5.41) is 0. The van der Waals surface area contributed by atoms with Crippen molar-refractivity contribution in [1.29, 1.82) is 0 Å². The van der Waals surface area contributed by atoms with Crippen LogP contribution in [0.1, 0.15) is 32.8 Å². The molecule has 8 heteroatoms. The number of amides is 1. The van der Waals surface area contributed by atoms with Gasteiger partial charge in [0.25, 0.3) is 0 Å². The fourth-order valence-corrected chi connectivity index (χ4v) is 3.57. The Morgan fingerprint density at radius 1 is 1.23 bits per heavy atom. The van der Waals surface area contributed by atoms with Crippen LogP contribution in [0.25, 0.3) is 10.2 Å². The van der Waals surface area contributed by atoms with E-state index < -0.39 is 11.7 Å². The molecule has 2 unspecified atom stereocenters. The second-order valence-electron chi connectivity index (χ2n) is 7.67. The quantitative estimate of drug-likeness (QED) is 0.626. The number of nitrogens with zero attached hydrogens (tertiary/aromatic N) is 2. The molecule has 0 bridgehead atoms. The highest BCUT2D eigenvalue weighted by molar-refractivity contribution is 7.16. The number of likely N-dealkylation sites (tertiary alicyclic amines) is 1. The van der Waals surface area contributed by atoms with Crippen LogP contribution in [0.4, 0.5) is 18.0 Å². The molecule has 1 aromatic carbocycles. The molecule has 0 N–H and O–H groups in total. The highest BCUT2D eigenvalue weighted by Gasteiger charge is 2.47. The number of alkyl halides is 3. The predicted molar refractivity (Wildman–Crippen MR) is 94.0 cm³/mol. The van der Waals surface area contributed by atoms with Gasteiger partial charge in [0, 0.05) is 13.1 Å². The number of ether oxygens (including phenoxy) is 1. The second-order valence-corrected chi connectivity index (χ2v) is 8.56. The Hall–Kier alpha value is -1.83. The van der Waals surface area contributed by atoms with Crippen molar-refractivity contribution in [2.45, 2.75) is 39.0 Å². The number of fused-ring (bicyclic) bond motifs is 2. The standard InChI is InChI=1S/C10H17NO2.C8H4F3NS/c1-10(2,3)13-9(12)11-5-7-4-8(7)6-11;9-8(10,11)5-1-2-7-6(3-5)12-4-13-7/h7-8H,4-6H2,1-3H3;1-4H. The summed E-state index contributed by atoms with van der Waals surface area (Å²) < 4.78 is 42.6. The van der Waals surface area contributed by atoms with Gasteiger partial charge >= 0.3 is 12.3 Å². The zero-order valence-corrected chi connectivity index (χ0v) is 15.7. The van der Waals surface area contributed by atoms with E-state index in [1.165, 1.54) is 29.3 Å². The normalized spacial score (nSPS) is 21.8. The topological polar surface area (TPSA) is 42.4 Å². The van der Waals surface area contributed by atoms with E-state index in [1.807, 2.05) is 25.7 Å². The third-order valence-electron chi connectivity index (χ3n) is 4.29. The summed E-state index contributed by atoms with van der Waals surface area (Å²) >= 11 is 1.33. The van der Waals surface area contributed by atoms with Gasteiger partial charge in [-0.3, -0.25) is 0 Å². The number of hydrogen-bond acceptors (Lipinski definition) is 4. The van der Waals surface area contributed by atoms with E-state index in [0.29, 0.717) is 5.52 Å². The Labute approximate surface area is 154 Å². The maximum Gasteiger partial charge on any atom is 0.416 e. The Morgan fingerprint density at radius 3 is 2.46 bits per heavy atom. The van der Waals surface area contributed by atoms with Crippen molar-refractivity contribution in [2.75, 3.05) is 13.1 Å². The van der Waals surface area contributed by atoms with Crippen LogP contribution >= 0.6 is 11.3 Å². The first-order chi connectivity index (χ1) is 12.0. The molecule has 2 atom stereocenters. The number of carbonyl (C=O) groups is 1. The second kappa shape index (κ2) is 6.72. The van der Waals surface area contributed by atoms with Crippen molar-refractivity contribution in [1.82, 2.24) is 9.88 Å². The Kier molecular flexibility index (Phi) is 4.90. The van der Waals surface area contributed by atoms with Crippen LogP contribution in [0.5, 0.6) is 0 Å². The van der Waals surface area contributed by atoms with E-state index in [1.54, 1.807) is 0 Å². The zero-order chi connectivity index (χ0) is 19.1. The molecule has 2 aromatic rings. The minimum absolute atomic E-state index is 0.139. The van der Waals surface area contributed by atoms with Crippen LogP contribution in [0, 0.1) is 11.8 Å². The Balaban J connectivity index is 0.000000151. The predicted octanol–water partition coefficient (Wildman–Crippen LogP) is 5.19. The summed E-state index contributed by atoms with van der Waals surface area (Å²) in [6.07, 6.45) is -3.10. The fraction of sp³-hybridized carbons (Fsp3) is 0.556. The molecule has 2 aliphatic rings. The largest absolute Gasteiger partial charge is 0.444 e. The molecule has 0 radical (unpaired) electrons. The zero-order valence-electron chi connectivity index (χ0n) is 14.8. The van der Waals surface area contributed by atoms with Crippen LogP contribution in [0.3, 0.4) is 0 Å². The first-order valence-electron chi connectivity index (χ1n) is 8.41. The SMILES string of the molecule is CC(C)(C)OC(=O)N1CC2CC2C1.FC(F)(F)c1ccc2scnc2c1. The van der Waals surface area contributed by atoms with Gasteiger partial charge in [0.05, 0.1) is 21.3 Å². The number of halogens is 3.